The number of hydrogen-bond acceptors (Lipinski definition) is 3. The summed E-state index contributed by atoms with van der Waals surface area (Å²) in [6.45, 7) is 3.31. The minimum absolute atomic E-state index is 0.119. The summed E-state index contributed by atoms with van der Waals surface area (Å²) in [7, 11) is 0. The van der Waals surface area contributed by atoms with Crippen LogP contribution in [-0.4, -0.2) is 22.7 Å². The van der Waals surface area contributed by atoms with Crippen LogP contribution >= 0.6 is 11.8 Å². The van der Waals surface area contributed by atoms with Gasteiger partial charge < -0.3 is 5.32 Å². The van der Waals surface area contributed by atoms with Crippen molar-refractivity contribution in [3.05, 3.63) is 30.1 Å². The summed E-state index contributed by atoms with van der Waals surface area (Å²) >= 11 is 1.43. The predicted octanol–water partition coefficient (Wildman–Crippen LogP) is 2.87. The van der Waals surface area contributed by atoms with E-state index in [2.05, 4.69) is 5.32 Å². The number of Topliss-reactive ketones (excluding diaryl/α,β-unsaturated/α-hetero) is 1. The normalized spacial score (nSPS) is 11.9. The molecule has 1 N–H and O–H groups in total. The molecule has 0 saturated carbocycles. The zero-order chi connectivity index (χ0) is 13.5. The summed E-state index contributed by atoms with van der Waals surface area (Å²) in [4.78, 5) is 22.5. The van der Waals surface area contributed by atoms with Gasteiger partial charge in [0.1, 0.15) is 11.6 Å². The minimum atomic E-state index is -0.336. The topological polar surface area (TPSA) is 46.2 Å². The van der Waals surface area contributed by atoms with E-state index in [-0.39, 0.29) is 22.8 Å². The first-order valence-corrected chi connectivity index (χ1v) is 6.71. The molecule has 1 aromatic carbocycles. The molecule has 1 atom stereocenters. The zero-order valence-corrected chi connectivity index (χ0v) is 11.2. The van der Waals surface area contributed by atoms with Crippen LogP contribution in [0.1, 0.15) is 20.3 Å². The molecule has 0 fully saturated rings. The van der Waals surface area contributed by atoms with Gasteiger partial charge >= 0.3 is 0 Å². The molecule has 1 aromatic rings. The third kappa shape index (κ3) is 5.31. The number of ketones is 1. The zero-order valence-electron chi connectivity index (χ0n) is 10.4. The highest BCUT2D eigenvalue weighted by Crippen LogP contribution is 2.15. The van der Waals surface area contributed by atoms with Crippen molar-refractivity contribution in [2.45, 2.75) is 25.5 Å². The van der Waals surface area contributed by atoms with Gasteiger partial charge in [0.2, 0.25) is 5.91 Å². The highest BCUT2D eigenvalue weighted by atomic mass is 32.2. The van der Waals surface area contributed by atoms with Gasteiger partial charge in [0.15, 0.2) is 0 Å². The molecular weight excluding hydrogens is 253 g/mol. The number of carbonyl (C=O) groups is 2. The van der Waals surface area contributed by atoms with Crippen molar-refractivity contribution in [3.63, 3.8) is 0 Å². The van der Waals surface area contributed by atoms with Crippen molar-refractivity contribution in [2.24, 2.45) is 0 Å². The molecule has 18 heavy (non-hydrogen) atoms. The quantitative estimate of drug-likeness (QED) is 0.863. The molecule has 0 heterocycles. The second-order valence-electron chi connectivity index (χ2n) is 3.96. The fourth-order valence-corrected chi connectivity index (χ4v) is 2.20. The number of nitrogens with one attached hydrogen (secondary N) is 1. The lowest BCUT2D eigenvalue weighted by atomic mass is 10.3. The van der Waals surface area contributed by atoms with Crippen LogP contribution in [0, 0.1) is 5.82 Å². The van der Waals surface area contributed by atoms with Gasteiger partial charge in [-0.2, -0.15) is 0 Å². The van der Waals surface area contributed by atoms with Crippen molar-refractivity contribution in [1.82, 2.24) is 0 Å². The Morgan fingerprint density at radius 2 is 1.94 bits per heavy atom. The average molecular weight is 269 g/mol. The van der Waals surface area contributed by atoms with E-state index in [0.29, 0.717) is 17.9 Å². The van der Waals surface area contributed by atoms with Gasteiger partial charge in [0.05, 0.1) is 5.25 Å². The lowest BCUT2D eigenvalue weighted by Gasteiger charge is -2.11. The van der Waals surface area contributed by atoms with Crippen LogP contribution in [0.2, 0.25) is 0 Å². The second kappa shape index (κ2) is 7.16. The summed E-state index contributed by atoms with van der Waals surface area (Å²) in [6, 6.07) is 5.62. The first-order chi connectivity index (χ1) is 8.49. The summed E-state index contributed by atoms with van der Waals surface area (Å²) in [5.41, 5.74) is 0.570. The van der Waals surface area contributed by atoms with Gasteiger partial charge in [-0.1, -0.05) is 0 Å². The summed E-state index contributed by atoms with van der Waals surface area (Å²) in [5.74, 6) is 0.272. The Labute approximate surface area is 110 Å². The van der Waals surface area contributed by atoms with E-state index < -0.39 is 0 Å². The standard InChI is InChI=1S/C13H16FNO2S/c1-9(16)7-8-18-10(2)13(17)15-12-5-3-11(14)4-6-12/h3-6,10H,7-8H2,1-2H3,(H,15,17). The summed E-state index contributed by atoms with van der Waals surface area (Å²) < 4.78 is 12.7. The number of halogens is 1. The molecule has 1 unspecified atom stereocenters. The minimum Gasteiger partial charge on any atom is -0.325 e. The first kappa shape index (κ1) is 14.7. The van der Waals surface area contributed by atoms with Crippen molar-refractivity contribution in [2.75, 3.05) is 11.1 Å². The number of carbonyl (C=O) groups excluding carboxylic acids is 2. The molecule has 0 bridgehead atoms. The lowest BCUT2D eigenvalue weighted by Crippen LogP contribution is -2.22. The average Bonchev–Trinajstić information content (AvgIpc) is 2.31. The number of hydrogen-bond donors (Lipinski definition) is 1. The van der Waals surface area contributed by atoms with Crippen LogP contribution in [0.15, 0.2) is 24.3 Å². The number of benzene rings is 1. The molecule has 1 amide bonds. The van der Waals surface area contributed by atoms with Crippen molar-refractivity contribution in [3.8, 4) is 0 Å². The molecule has 0 aliphatic rings. The Kier molecular flexibility index (Phi) is 5.85. The second-order valence-corrected chi connectivity index (χ2v) is 5.41. The molecule has 5 heteroatoms. The number of amides is 1. The molecule has 0 aromatic heterocycles. The van der Waals surface area contributed by atoms with E-state index in [0.717, 1.165) is 0 Å². The molecular formula is C13H16FNO2S. The Hall–Kier alpha value is -1.36. The van der Waals surface area contributed by atoms with Gasteiger partial charge in [-0.05, 0) is 38.1 Å². The number of rotatable bonds is 6. The smallest absolute Gasteiger partial charge is 0.237 e. The highest BCUT2D eigenvalue weighted by molar-refractivity contribution is 8.00. The highest BCUT2D eigenvalue weighted by Gasteiger charge is 2.13. The van der Waals surface area contributed by atoms with E-state index in [1.54, 1.807) is 6.92 Å². The fourth-order valence-electron chi connectivity index (χ4n) is 1.23. The van der Waals surface area contributed by atoms with Crippen molar-refractivity contribution < 1.29 is 14.0 Å². The van der Waals surface area contributed by atoms with E-state index in [1.807, 2.05) is 0 Å². The molecule has 0 saturated heterocycles. The van der Waals surface area contributed by atoms with Crippen molar-refractivity contribution in [1.29, 1.82) is 0 Å². The van der Waals surface area contributed by atoms with Gasteiger partial charge in [0, 0.05) is 17.9 Å². The maximum atomic E-state index is 12.7. The fraction of sp³-hybridized carbons (Fsp3) is 0.385. The molecule has 0 radical (unpaired) electrons. The van der Waals surface area contributed by atoms with Crippen LogP contribution in [0.3, 0.4) is 0 Å². The van der Waals surface area contributed by atoms with Crippen LogP contribution in [0.4, 0.5) is 10.1 Å². The van der Waals surface area contributed by atoms with Crippen LogP contribution in [0.5, 0.6) is 0 Å². The van der Waals surface area contributed by atoms with E-state index in [9.17, 15) is 14.0 Å². The lowest BCUT2D eigenvalue weighted by molar-refractivity contribution is -0.117. The Bertz CT molecular complexity index is 420. The molecule has 1 rings (SSSR count). The third-order valence-corrected chi connectivity index (χ3v) is 3.46. The maximum absolute atomic E-state index is 12.7. The molecule has 98 valence electrons. The predicted molar refractivity (Wildman–Crippen MR) is 72.2 cm³/mol. The summed E-state index contributed by atoms with van der Waals surface area (Å²) in [5, 5.41) is 2.45. The van der Waals surface area contributed by atoms with Crippen molar-refractivity contribution >= 4 is 29.1 Å². The molecule has 3 nitrogen and oxygen atoms in total. The van der Waals surface area contributed by atoms with Crippen LogP contribution in [-0.2, 0) is 9.59 Å². The largest absolute Gasteiger partial charge is 0.325 e. The van der Waals surface area contributed by atoms with E-state index in [4.69, 9.17) is 0 Å². The molecule has 0 aliphatic carbocycles. The third-order valence-electron chi connectivity index (χ3n) is 2.30. The number of thioether (sulfide) groups is 1. The van der Waals surface area contributed by atoms with Crippen LogP contribution in [0.25, 0.3) is 0 Å². The number of anilines is 1. The van der Waals surface area contributed by atoms with Gasteiger partial charge in [-0.25, -0.2) is 4.39 Å². The van der Waals surface area contributed by atoms with E-state index in [1.165, 1.54) is 43.0 Å². The first-order valence-electron chi connectivity index (χ1n) is 5.66. The maximum Gasteiger partial charge on any atom is 0.237 e. The summed E-state index contributed by atoms with van der Waals surface area (Å²) in [6.07, 6.45) is 0.471. The van der Waals surface area contributed by atoms with Gasteiger partial charge in [0.25, 0.3) is 0 Å². The molecule has 0 spiro atoms. The Balaban J connectivity index is 2.39. The van der Waals surface area contributed by atoms with Gasteiger partial charge in [-0.3, -0.25) is 9.59 Å². The van der Waals surface area contributed by atoms with Crippen LogP contribution < -0.4 is 5.32 Å². The SMILES string of the molecule is CC(=O)CCSC(C)C(=O)Nc1ccc(F)cc1. The monoisotopic (exact) mass is 269 g/mol. The Morgan fingerprint density at radius 1 is 1.33 bits per heavy atom. The van der Waals surface area contributed by atoms with Gasteiger partial charge in [-0.15, -0.1) is 11.8 Å². The molecule has 0 aliphatic heterocycles. The van der Waals surface area contributed by atoms with E-state index >= 15 is 0 Å². The Morgan fingerprint density at radius 3 is 2.50 bits per heavy atom.